The maximum Gasteiger partial charge on any atom is 0.241 e. The molecule has 0 aromatic heterocycles. The maximum atomic E-state index is 12.8. The highest BCUT2D eigenvalue weighted by Gasteiger charge is 2.25. The van der Waals surface area contributed by atoms with Gasteiger partial charge in [0.25, 0.3) is 0 Å². The topological polar surface area (TPSA) is 68.4 Å². The minimum atomic E-state index is -0.214. The van der Waals surface area contributed by atoms with Crippen LogP contribution in [-0.4, -0.2) is 106 Å². The first-order chi connectivity index (χ1) is 14.4. The third-order valence-corrected chi connectivity index (χ3v) is 5.92. The van der Waals surface area contributed by atoms with E-state index in [4.69, 9.17) is 4.74 Å². The molecule has 2 heterocycles. The zero-order valence-corrected chi connectivity index (χ0v) is 18.5. The summed E-state index contributed by atoms with van der Waals surface area (Å²) in [5, 5.41) is 3.05. The minimum Gasteiger partial charge on any atom is -0.378 e. The second-order valence-corrected chi connectivity index (χ2v) is 8.27. The molecule has 1 N–H and O–H groups in total. The van der Waals surface area contributed by atoms with Crippen LogP contribution in [0.15, 0.2) is 24.3 Å². The zero-order chi connectivity index (χ0) is 21.5. The van der Waals surface area contributed by atoms with Gasteiger partial charge in [-0.2, -0.15) is 0 Å². The molecule has 3 rings (SSSR count). The van der Waals surface area contributed by atoms with Crippen LogP contribution in [-0.2, 0) is 14.3 Å². The van der Waals surface area contributed by atoms with Gasteiger partial charge in [0.2, 0.25) is 11.8 Å². The predicted molar refractivity (Wildman–Crippen MR) is 119 cm³/mol. The molecule has 1 aromatic carbocycles. The summed E-state index contributed by atoms with van der Waals surface area (Å²) in [6, 6.07) is 7.82. The summed E-state index contributed by atoms with van der Waals surface area (Å²) in [6.07, 6.45) is 0.951. The van der Waals surface area contributed by atoms with Crippen LogP contribution in [0.4, 0.5) is 11.4 Å². The van der Waals surface area contributed by atoms with Gasteiger partial charge < -0.3 is 19.9 Å². The number of carbonyl (C=O) groups excluding carboxylic acids is 2. The minimum absolute atomic E-state index is 0.00643. The molecule has 30 heavy (non-hydrogen) atoms. The molecule has 1 atom stereocenters. The van der Waals surface area contributed by atoms with Crippen molar-refractivity contribution < 1.29 is 14.3 Å². The monoisotopic (exact) mass is 417 g/mol. The summed E-state index contributed by atoms with van der Waals surface area (Å²) in [6.45, 7) is 9.03. The fraction of sp³-hybridized carbons (Fsp3) is 0.636. The van der Waals surface area contributed by atoms with Crippen molar-refractivity contribution in [1.29, 1.82) is 0 Å². The molecule has 1 aromatic rings. The molecule has 166 valence electrons. The molecule has 8 heteroatoms. The van der Waals surface area contributed by atoms with Crippen molar-refractivity contribution in [2.45, 2.75) is 19.4 Å². The predicted octanol–water partition coefficient (Wildman–Crippen LogP) is 0.946. The third-order valence-electron chi connectivity index (χ3n) is 5.92. The lowest BCUT2D eigenvalue weighted by Gasteiger charge is -2.29. The standard InChI is InChI=1S/C22H35N5O3/c1-18(26-10-4-9-25(11-12-26)17-21(28)24(2)3)22(29)23-19-5-7-20(8-6-19)27-13-15-30-16-14-27/h5-8,18H,4,9-17H2,1-3H3,(H,23,29). The number of likely N-dealkylation sites (N-methyl/N-ethyl adjacent to an activating group) is 1. The van der Waals surface area contributed by atoms with E-state index in [-0.39, 0.29) is 17.9 Å². The number of rotatable bonds is 6. The number of nitrogens with one attached hydrogen (secondary N) is 1. The first-order valence-corrected chi connectivity index (χ1v) is 10.8. The van der Waals surface area contributed by atoms with Crippen molar-refractivity contribution >= 4 is 23.2 Å². The molecule has 0 saturated carbocycles. The molecule has 2 amide bonds. The highest BCUT2D eigenvalue weighted by atomic mass is 16.5. The van der Waals surface area contributed by atoms with Gasteiger partial charge in [-0.15, -0.1) is 0 Å². The van der Waals surface area contributed by atoms with Crippen molar-refractivity contribution in [3.8, 4) is 0 Å². The van der Waals surface area contributed by atoms with Crippen molar-refractivity contribution in [1.82, 2.24) is 14.7 Å². The highest BCUT2D eigenvalue weighted by Crippen LogP contribution is 2.19. The van der Waals surface area contributed by atoms with Crippen LogP contribution in [0, 0.1) is 0 Å². The van der Waals surface area contributed by atoms with E-state index in [9.17, 15) is 9.59 Å². The number of hydrogen-bond donors (Lipinski definition) is 1. The highest BCUT2D eigenvalue weighted by molar-refractivity contribution is 5.94. The molecule has 0 bridgehead atoms. The zero-order valence-electron chi connectivity index (χ0n) is 18.5. The van der Waals surface area contributed by atoms with Crippen molar-refractivity contribution in [2.75, 3.05) is 83.3 Å². The first kappa shape index (κ1) is 22.5. The molecule has 8 nitrogen and oxygen atoms in total. The Kier molecular flexibility index (Phi) is 8.07. The summed E-state index contributed by atoms with van der Waals surface area (Å²) in [5.74, 6) is 0.127. The number of carbonyl (C=O) groups is 2. The molecular weight excluding hydrogens is 382 g/mol. The van der Waals surface area contributed by atoms with Gasteiger partial charge in [-0.05, 0) is 44.2 Å². The van der Waals surface area contributed by atoms with Crippen molar-refractivity contribution in [3.05, 3.63) is 24.3 Å². The van der Waals surface area contributed by atoms with E-state index in [1.165, 1.54) is 0 Å². The van der Waals surface area contributed by atoms with E-state index in [1.54, 1.807) is 19.0 Å². The molecular formula is C22H35N5O3. The maximum absolute atomic E-state index is 12.8. The molecule has 2 aliphatic heterocycles. The fourth-order valence-corrected chi connectivity index (χ4v) is 3.86. The molecule has 0 aliphatic carbocycles. The Morgan fingerprint density at radius 1 is 1.03 bits per heavy atom. The summed E-state index contributed by atoms with van der Waals surface area (Å²) in [4.78, 5) is 33.1. The number of morpholine rings is 1. The lowest BCUT2D eigenvalue weighted by Crippen LogP contribution is -2.44. The van der Waals surface area contributed by atoms with E-state index >= 15 is 0 Å². The average Bonchev–Trinajstić information content (AvgIpc) is 2.99. The Hall–Kier alpha value is -2.16. The van der Waals surface area contributed by atoms with Crippen LogP contribution >= 0.6 is 0 Å². The Bertz CT molecular complexity index is 703. The van der Waals surface area contributed by atoms with Gasteiger partial charge in [0.05, 0.1) is 25.8 Å². The van der Waals surface area contributed by atoms with Gasteiger partial charge in [0.15, 0.2) is 0 Å². The molecule has 0 radical (unpaired) electrons. The quantitative estimate of drug-likeness (QED) is 0.743. The van der Waals surface area contributed by atoms with Gasteiger partial charge in [-0.25, -0.2) is 0 Å². The molecule has 2 fully saturated rings. The van der Waals surface area contributed by atoms with E-state index in [2.05, 4.69) is 32.1 Å². The Morgan fingerprint density at radius 2 is 1.73 bits per heavy atom. The van der Waals surface area contributed by atoms with Gasteiger partial charge in [0, 0.05) is 58.2 Å². The van der Waals surface area contributed by atoms with Gasteiger partial charge in [-0.3, -0.25) is 19.4 Å². The number of hydrogen-bond acceptors (Lipinski definition) is 6. The second-order valence-electron chi connectivity index (χ2n) is 8.27. The smallest absolute Gasteiger partial charge is 0.241 e. The molecule has 0 spiro atoms. The van der Waals surface area contributed by atoms with E-state index in [1.807, 2.05) is 19.1 Å². The SMILES string of the molecule is CC(C(=O)Nc1ccc(N2CCOCC2)cc1)N1CCCN(CC(=O)N(C)C)CC1. The van der Waals surface area contributed by atoms with Crippen LogP contribution in [0.1, 0.15) is 13.3 Å². The Labute approximate surface area is 179 Å². The number of anilines is 2. The van der Waals surface area contributed by atoms with Crippen molar-refractivity contribution in [2.24, 2.45) is 0 Å². The lowest BCUT2D eigenvalue weighted by molar-refractivity contribution is -0.130. The van der Waals surface area contributed by atoms with E-state index in [0.29, 0.717) is 6.54 Å². The summed E-state index contributed by atoms with van der Waals surface area (Å²) in [5.41, 5.74) is 1.97. The summed E-state index contributed by atoms with van der Waals surface area (Å²) >= 11 is 0. The second kappa shape index (κ2) is 10.7. The molecule has 2 aliphatic rings. The van der Waals surface area contributed by atoms with Gasteiger partial charge in [0.1, 0.15) is 0 Å². The number of ether oxygens (including phenoxy) is 1. The van der Waals surface area contributed by atoms with Gasteiger partial charge in [-0.1, -0.05) is 0 Å². The van der Waals surface area contributed by atoms with Crippen molar-refractivity contribution in [3.63, 3.8) is 0 Å². The molecule has 2 saturated heterocycles. The lowest BCUT2D eigenvalue weighted by atomic mass is 10.2. The van der Waals surface area contributed by atoms with Crippen LogP contribution in [0.25, 0.3) is 0 Å². The summed E-state index contributed by atoms with van der Waals surface area (Å²) < 4.78 is 5.40. The number of benzene rings is 1. The Morgan fingerprint density at radius 3 is 2.40 bits per heavy atom. The Balaban J connectivity index is 1.49. The number of nitrogens with zero attached hydrogens (tertiary/aromatic N) is 4. The van der Waals surface area contributed by atoms with Gasteiger partial charge >= 0.3 is 0 Å². The van der Waals surface area contributed by atoms with Crippen LogP contribution in [0.3, 0.4) is 0 Å². The van der Waals surface area contributed by atoms with Crippen LogP contribution in [0.5, 0.6) is 0 Å². The fourth-order valence-electron chi connectivity index (χ4n) is 3.86. The third kappa shape index (κ3) is 6.17. The average molecular weight is 418 g/mol. The molecule has 1 unspecified atom stereocenters. The largest absolute Gasteiger partial charge is 0.378 e. The first-order valence-electron chi connectivity index (χ1n) is 10.8. The summed E-state index contributed by atoms with van der Waals surface area (Å²) in [7, 11) is 3.57. The van der Waals surface area contributed by atoms with E-state index in [0.717, 1.165) is 70.3 Å². The van der Waals surface area contributed by atoms with E-state index < -0.39 is 0 Å². The van der Waals surface area contributed by atoms with Crippen LogP contribution < -0.4 is 10.2 Å². The number of amides is 2. The van der Waals surface area contributed by atoms with Crippen LogP contribution in [0.2, 0.25) is 0 Å². The normalized spacial score (nSPS) is 19.8.